The van der Waals surface area contributed by atoms with Gasteiger partial charge in [-0.2, -0.15) is 0 Å². The number of rotatable bonds is 6. The maximum absolute atomic E-state index is 11.2. The van der Waals surface area contributed by atoms with Crippen molar-refractivity contribution in [2.45, 2.75) is 40.5 Å². The van der Waals surface area contributed by atoms with E-state index in [1.54, 1.807) is 0 Å². The smallest absolute Gasteiger partial charge is 0.331 e. The van der Waals surface area contributed by atoms with E-state index in [1.165, 1.54) is 0 Å². The Kier molecular flexibility index (Phi) is 7.26. The lowest BCUT2D eigenvalue weighted by atomic mass is 9.99. The summed E-state index contributed by atoms with van der Waals surface area (Å²) in [5.41, 5.74) is -0.0782. The third-order valence-corrected chi connectivity index (χ3v) is 1.75. The third-order valence-electron chi connectivity index (χ3n) is 1.75. The van der Waals surface area contributed by atoms with Crippen LogP contribution in [-0.2, 0) is 19.1 Å². The molecule has 0 aliphatic carbocycles. The van der Waals surface area contributed by atoms with Crippen LogP contribution >= 0.6 is 0 Å². The normalized spacial score (nSPS) is 11.5. The van der Waals surface area contributed by atoms with Crippen molar-refractivity contribution in [2.24, 2.45) is 5.41 Å². The van der Waals surface area contributed by atoms with Gasteiger partial charge in [-0.3, -0.25) is 0 Å². The summed E-state index contributed by atoms with van der Waals surface area (Å²) in [6.07, 6.45) is 3.99. The molecule has 0 rings (SSSR count). The molecule has 0 unspecified atom stereocenters. The number of unbranched alkanes of at least 4 members (excludes halogenated alkanes) is 1. The Morgan fingerprint density at radius 2 is 1.59 bits per heavy atom. The Morgan fingerprint density at radius 3 is 2.06 bits per heavy atom. The Morgan fingerprint density at radius 1 is 1.06 bits per heavy atom. The predicted octanol–water partition coefficient (Wildman–Crippen LogP) is 2.48. The molecule has 0 saturated heterocycles. The van der Waals surface area contributed by atoms with E-state index in [0.29, 0.717) is 13.2 Å². The van der Waals surface area contributed by atoms with Gasteiger partial charge in [-0.25, -0.2) is 9.59 Å². The highest BCUT2D eigenvalue weighted by molar-refractivity contribution is 5.91. The van der Waals surface area contributed by atoms with Gasteiger partial charge in [0, 0.05) is 12.2 Å². The Bertz CT molecular complexity index is 274. The maximum atomic E-state index is 11.2. The van der Waals surface area contributed by atoms with Crippen LogP contribution in [-0.4, -0.2) is 25.2 Å². The van der Waals surface area contributed by atoms with Crippen molar-refractivity contribution >= 4 is 11.9 Å². The second-order valence-electron chi connectivity index (χ2n) is 5.02. The van der Waals surface area contributed by atoms with Gasteiger partial charge >= 0.3 is 11.9 Å². The molecule has 0 radical (unpaired) electrons. The number of carbonyl (C=O) groups is 2. The molecular weight excluding hydrogens is 220 g/mol. The molecule has 0 N–H and O–H groups in total. The maximum Gasteiger partial charge on any atom is 0.331 e. The van der Waals surface area contributed by atoms with Gasteiger partial charge < -0.3 is 9.47 Å². The fourth-order valence-electron chi connectivity index (χ4n) is 0.837. The molecule has 4 heteroatoms. The van der Waals surface area contributed by atoms with E-state index in [-0.39, 0.29) is 5.41 Å². The van der Waals surface area contributed by atoms with E-state index in [4.69, 9.17) is 9.47 Å². The van der Waals surface area contributed by atoms with Gasteiger partial charge in [-0.1, -0.05) is 34.1 Å². The summed E-state index contributed by atoms with van der Waals surface area (Å²) in [6.45, 7) is 8.60. The molecule has 0 aromatic carbocycles. The monoisotopic (exact) mass is 242 g/mol. The van der Waals surface area contributed by atoms with Crippen molar-refractivity contribution in [2.75, 3.05) is 13.2 Å². The number of hydrogen-bond acceptors (Lipinski definition) is 4. The SMILES string of the molecule is CCCCOC(=O)/C=C/C(=O)OCC(C)(C)C. The summed E-state index contributed by atoms with van der Waals surface area (Å²) >= 11 is 0. The van der Waals surface area contributed by atoms with Crippen LogP contribution in [0.5, 0.6) is 0 Å². The average Bonchev–Trinajstić information content (AvgIpc) is 2.23. The zero-order chi connectivity index (χ0) is 13.3. The topological polar surface area (TPSA) is 52.6 Å². The van der Waals surface area contributed by atoms with Crippen molar-refractivity contribution in [3.63, 3.8) is 0 Å². The minimum Gasteiger partial charge on any atom is -0.463 e. The van der Waals surface area contributed by atoms with E-state index >= 15 is 0 Å². The van der Waals surface area contributed by atoms with Gasteiger partial charge in [-0.15, -0.1) is 0 Å². The summed E-state index contributed by atoms with van der Waals surface area (Å²) < 4.78 is 9.79. The molecule has 0 aliphatic rings. The number of esters is 2. The minimum atomic E-state index is -0.521. The van der Waals surface area contributed by atoms with E-state index < -0.39 is 11.9 Å². The van der Waals surface area contributed by atoms with Crippen LogP contribution < -0.4 is 0 Å². The highest BCUT2D eigenvalue weighted by Crippen LogP contribution is 2.12. The van der Waals surface area contributed by atoms with Gasteiger partial charge in [0.15, 0.2) is 0 Å². The molecule has 0 aromatic rings. The summed E-state index contributed by atoms with van der Waals surface area (Å²) in [5, 5.41) is 0. The first-order chi connectivity index (χ1) is 7.85. The molecule has 0 atom stereocenters. The van der Waals surface area contributed by atoms with Crippen molar-refractivity contribution < 1.29 is 19.1 Å². The molecule has 0 spiro atoms. The highest BCUT2D eigenvalue weighted by atomic mass is 16.5. The van der Waals surface area contributed by atoms with Crippen LogP contribution in [0.1, 0.15) is 40.5 Å². The van der Waals surface area contributed by atoms with Crippen LogP contribution in [0.4, 0.5) is 0 Å². The fourth-order valence-corrected chi connectivity index (χ4v) is 0.837. The average molecular weight is 242 g/mol. The quantitative estimate of drug-likeness (QED) is 0.408. The van der Waals surface area contributed by atoms with E-state index in [1.807, 2.05) is 27.7 Å². The molecule has 0 heterocycles. The van der Waals surface area contributed by atoms with Crippen molar-refractivity contribution in [3.05, 3.63) is 12.2 Å². The second kappa shape index (κ2) is 7.87. The molecular formula is C13H22O4. The lowest BCUT2D eigenvalue weighted by molar-refractivity contribution is -0.142. The van der Waals surface area contributed by atoms with Gasteiger partial charge in [0.2, 0.25) is 0 Å². The van der Waals surface area contributed by atoms with Crippen LogP contribution in [0.25, 0.3) is 0 Å². The highest BCUT2D eigenvalue weighted by Gasteiger charge is 2.12. The molecule has 0 amide bonds. The van der Waals surface area contributed by atoms with Crippen molar-refractivity contribution in [1.29, 1.82) is 0 Å². The lowest BCUT2D eigenvalue weighted by Gasteiger charge is -2.16. The van der Waals surface area contributed by atoms with Gasteiger partial charge in [-0.05, 0) is 11.8 Å². The first-order valence-corrected chi connectivity index (χ1v) is 5.87. The molecule has 0 bridgehead atoms. The summed E-state index contributed by atoms with van der Waals surface area (Å²) in [5.74, 6) is -1.03. The summed E-state index contributed by atoms with van der Waals surface area (Å²) in [7, 11) is 0. The Balaban J connectivity index is 3.83. The standard InChI is InChI=1S/C13H22O4/c1-5-6-9-16-11(14)7-8-12(15)17-10-13(2,3)4/h7-8H,5-6,9-10H2,1-4H3/b8-7+. The van der Waals surface area contributed by atoms with E-state index in [0.717, 1.165) is 25.0 Å². The Hall–Kier alpha value is -1.32. The van der Waals surface area contributed by atoms with Crippen molar-refractivity contribution in [3.8, 4) is 0 Å². The Labute approximate surface area is 103 Å². The van der Waals surface area contributed by atoms with Gasteiger partial charge in [0.05, 0.1) is 13.2 Å². The van der Waals surface area contributed by atoms with Gasteiger partial charge in [0.25, 0.3) is 0 Å². The van der Waals surface area contributed by atoms with E-state index in [2.05, 4.69) is 0 Å². The first kappa shape index (κ1) is 15.7. The van der Waals surface area contributed by atoms with E-state index in [9.17, 15) is 9.59 Å². The van der Waals surface area contributed by atoms with Crippen LogP contribution in [0.15, 0.2) is 12.2 Å². The molecule has 98 valence electrons. The lowest BCUT2D eigenvalue weighted by Crippen LogP contribution is -2.17. The molecule has 4 nitrogen and oxygen atoms in total. The minimum absolute atomic E-state index is 0.0782. The number of hydrogen-bond donors (Lipinski definition) is 0. The van der Waals surface area contributed by atoms with Crippen molar-refractivity contribution in [1.82, 2.24) is 0 Å². The second-order valence-corrected chi connectivity index (χ2v) is 5.02. The van der Waals surface area contributed by atoms with Crippen LogP contribution in [0.3, 0.4) is 0 Å². The zero-order valence-corrected chi connectivity index (χ0v) is 11.1. The fraction of sp³-hybridized carbons (Fsp3) is 0.692. The predicted molar refractivity (Wildman–Crippen MR) is 65.4 cm³/mol. The first-order valence-electron chi connectivity index (χ1n) is 5.87. The number of ether oxygens (including phenoxy) is 2. The summed E-state index contributed by atoms with van der Waals surface area (Å²) in [4.78, 5) is 22.3. The number of carbonyl (C=O) groups excluding carboxylic acids is 2. The van der Waals surface area contributed by atoms with Gasteiger partial charge in [0.1, 0.15) is 0 Å². The van der Waals surface area contributed by atoms with Crippen LogP contribution in [0, 0.1) is 5.41 Å². The summed E-state index contributed by atoms with van der Waals surface area (Å²) in [6, 6.07) is 0. The molecule has 0 saturated carbocycles. The third kappa shape index (κ3) is 11.0. The molecule has 0 aliphatic heterocycles. The van der Waals surface area contributed by atoms with Crippen LogP contribution in [0.2, 0.25) is 0 Å². The zero-order valence-electron chi connectivity index (χ0n) is 11.1. The molecule has 0 aromatic heterocycles. The molecule has 0 fully saturated rings. The molecule has 17 heavy (non-hydrogen) atoms. The largest absolute Gasteiger partial charge is 0.463 e.